The summed E-state index contributed by atoms with van der Waals surface area (Å²) in [6, 6.07) is 7.63. The Bertz CT molecular complexity index is 583. The van der Waals surface area contributed by atoms with E-state index in [4.69, 9.17) is 10.5 Å². The number of piperidine rings is 1. The highest BCUT2D eigenvalue weighted by atomic mass is 16.5. The quantitative estimate of drug-likeness (QED) is 0.850. The van der Waals surface area contributed by atoms with E-state index in [0.717, 1.165) is 11.3 Å². The smallest absolute Gasteiger partial charge is 0.239 e. The number of rotatable bonds is 6. The summed E-state index contributed by atoms with van der Waals surface area (Å²) in [5, 5.41) is 0. The van der Waals surface area contributed by atoms with Gasteiger partial charge in [-0.3, -0.25) is 14.5 Å². The van der Waals surface area contributed by atoms with Crippen LogP contribution in [0.5, 0.6) is 5.75 Å². The van der Waals surface area contributed by atoms with Crippen LogP contribution in [0.4, 0.5) is 0 Å². The second kappa shape index (κ2) is 8.15. The molecule has 1 aliphatic heterocycles. The fraction of sp³-hybridized carbons (Fsp3) is 0.556. The Hall–Kier alpha value is -2.08. The van der Waals surface area contributed by atoms with Gasteiger partial charge in [0.1, 0.15) is 5.75 Å². The number of methoxy groups -OCH3 is 1. The summed E-state index contributed by atoms with van der Waals surface area (Å²) in [5.41, 5.74) is 6.45. The van der Waals surface area contributed by atoms with Crippen LogP contribution in [0.25, 0.3) is 0 Å². The predicted octanol–water partition coefficient (Wildman–Crippen LogP) is 1.24. The highest BCUT2D eigenvalue weighted by Crippen LogP contribution is 2.19. The van der Waals surface area contributed by atoms with Crippen molar-refractivity contribution < 1.29 is 14.3 Å². The number of carbonyl (C=O) groups excluding carboxylic acids is 2. The fourth-order valence-corrected chi connectivity index (χ4v) is 3.03. The predicted molar refractivity (Wildman–Crippen MR) is 92.4 cm³/mol. The third-order valence-corrected chi connectivity index (χ3v) is 4.79. The van der Waals surface area contributed by atoms with Crippen LogP contribution in [0.15, 0.2) is 24.3 Å². The van der Waals surface area contributed by atoms with E-state index in [9.17, 15) is 9.59 Å². The zero-order chi connectivity index (χ0) is 17.7. The largest absolute Gasteiger partial charge is 0.497 e. The van der Waals surface area contributed by atoms with Gasteiger partial charge in [-0.05, 0) is 44.5 Å². The van der Waals surface area contributed by atoms with Crippen LogP contribution < -0.4 is 10.5 Å². The lowest BCUT2D eigenvalue weighted by atomic mass is 9.96. The zero-order valence-electron chi connectivity index (χ0n) is 14.7. The lowest BCUT2D eigenvalue weighted by Gasteiger charge is -2.34. The number of hydrogen-bond donors (Lipinski definition) is 1. The van der Waals surface area contributed by atoms with Crippen LogP contribution in [-0.4, -0.2) is 54.9 Å². The Morgan fingerprint density at radius 1 is 1.38 bits per heavy atom. The van der Waals surface area contributed by atoms with Gasteiger partial charge >= 0.3 is 0 Å². The summed E-state index contributed by atoms with van der Waals surface area (Å²) in [6.07, 6.45) is 1.32. The molecule has 1 aromatic rings. The lowest BCUT2D eigenvalue weighted by molar-refractivity contribution is -0.139. The van der Waals surface area contributed by atoms with E-state index < -0.39 is 0 Å². The van der Waals surface area contributed by atoms with Gasteiger partial charge in [-0.25, -0.2) is 0 Å². The average molecular weight is 333 g/mol. The van der Waals surface area contributed by atoms with Gasteiger partial charge in [0.15, 0.2) is 0 Å². The molecule has 0 saturated carbocycles. The van der Waals surface area contributed by atoms with Crippen molar-refractivity contribution in [1.29, 1.82) is 0 Å². The van der Waals surface area contributed by atoms with E-state index >= 15 is 0 Å². The summed E-state index contributed by atoms with van der Waals surface area (Å²) in [6.45, 7) is 3.79. The molecule has 1 aliphatic rings. The molecule has 1 heterocycles. The fourth-order valence-electron chi connectivity index (χ4n) is 3.03. The maximum absolute atomic E-state index is 12.7. The minimum absolute atomic E-state index is 0.0983. The molecule has 1 aromatic carbocycles. The van der Waals surface area contributed by atoms with Crippen molar-refractivity contribution in [3.63, 3.8) is 0 Å². The van der Waals surface area contributed by atoms with Crippen LogP contribution in [0, 0.1) is 5.92 Å². The first-order chi connectivity index (χ1) is 11.4. The van der Waals surface area contributed by atoms with Crippen molar-refractivity contribution >= 4 is 11.8 Å². The first kappa shape index (κ1) is 18.3. The number of ether oxygens (including phenoxy) is 1. The Morgan fingerprint density at radius 3 is 2.62 bits per heavy atom. The molecule has 0 unspecified atom stereocenters. The number of primary amides is 1. The van der Waals surface area contributed by atoms with E-state index in [2.05, 4.69) is 0 Å². The molecule has 0 radical (unpaired) electrons. The Kier molecular flexibility index (Phi) is 6.20. The number of likely N-dealkylation sites (N-methyl/N-ethyl adjacent to an activating group) is 1. The van der Waals surface area contributed by atoms with Gasteiger partial charge in [-0.15, -0.1) is 0 Å². The van der Waals surface area contributed by atoms with Gasteiger partial charge in [0.2, 0.25) is 11.8 Å². The normalized spacial score (nSPS) is 16.9. The molecule has 1 atom stereocenters. The van der Waals surface area contributed by atoms with Crippen molar-refractivity contribution in [1.82, 2.24) is 9.80 Å². The molecule has 0 aliphatic carbocycles. The van der Waals surface area contributed by atoms with E-state index in [1.54, 1.807) is 7.11 Å². The second-order valence-corrected chi connectivity index (χ2v) is 6.44. The summed E-state index contributed by atoms with van der Waals surface area (Å²) in [4.78, 5) is 27.8. The molecule has 6 nitrogen and oxygen atoms in total. The number of likely N-dealkylation sites (tertiary alicyclic amines) is 1. The van der Waals surface area contributed by atoms with Crippen molar-refractivity contribution in [2.45, 2.75) is 32.4 Å². The molecule has 2 N–H and O–H groups in total. The SMILES string of the molecule is COc1cccc(CN(C)[C@@H](C)C(=O)N2CCC(C(N)=O)CC2)c1. The van der Waals surface area contributed by atoms with Crippen LogP contribution in [-0.2, 0) is 16.1 Å². The molecule has 24 heavy (non-hydrogen) atoms. The monoisotopic (exact) mass is 333 g/mol. The van der Waals surface area contributed by atoms with Gasteiger partial charge in [0.05, 0.1) is 13.2 Å². The highest BCUT2D eigenvalue weighted by Gasteiger charge is 2.29. The van der Waals surface area contributed by atoms with Gasteiger partial charge in [-0.2, -0.15) is 0 Å². The van der Waals surface area contributed by atoms with Gasteiger partial charge in [0.25, 0.3) is 0 Å². The third-order valence-electron chi connectivity index (χ3n) is 4.79. The Labute approximate surface area is 143 Å². The zero-order valence-corrected chi connectivity index (χ0v) is 14.7. The number of amides is 2. The van der Waals surface area contributed by atoms with Crippen LogP contribution >= 0.6 is 0 Å². The summed E-state index contributed by atoms with van der Waals surface area (Å²) < 4.78 is 5.24. The molecule has 0 aromatic heterocycles. The maximum Gasteiger partial charge on any atom is 0.239 e. The van der Waals surface area contributed by atoms with Crippen molar-refractivity contribution in [3.8, 4) is 5.75 Å². The number of carbonyl (C=O) groups is 2. The van der Waals surface area contributed by atoms with E-state index in [0.29, 0.717) is 32.5 Å². The van der Waals surface area contributed by atoms with Crippen LogP contribution in [0.3, 0.4) is 0 Å². The Morgan fingerprint density at radius 2 is 2.04 bits per heavy atom. The van der Waals surface area contributed by atoms with Crippen molar-refractivity contribution in [2.24, 2.45) is 11.7 Å². The summed E-state index contributed by atoms with van der Waals surface area (Å²) >= 11 is 0. The van der Waals surface area contributed by atoms with E-state index in [-0.39, 0.29) is 23.8 Å². The number of hydrogen-bond acceptors (Lipinski definition) is 4. The van der Waals surface area contributed by atoms with Gasteiger partial charge < -0.3 is 15.4 Å². The molecular weight excluding hydrogens is 306 g/mol. The lowest BCUT2D eigenvalue weighted by Crippen LogP contribution is -2.49. The Balaban J connectivity index is 1.91. The molecule has 1 fully saturated rings. The minimum Gasteiger partial charge on any atom is -0.497 e. The number of nitrogens with zero attached hydrogens (tertiary/aromatic N) is 2. The van der Waals surface area contributed by atoms with E-state index in [1.165, 1.54) is 0 Å². The molecule has 132 valence electrons. The first-order valence-corrected chi connectivity index (χ1v) is 8.33. The standard InChI is InChI=1S/C18H27N3O3/c1-13(18(23)21-9-7-15(8-10-21)17(19)22)20(2)12-14-5-4-6-16(11-14)24-3/h4-6,11,13,15H,7-10,12H2,1-3H3,(H2,19,22)/t13-/m0/s1. The average Bonchev–Trinajstić information content (AvgIpc) is 2.60. The summed E-state index contributed by atoms with van der Waals surface area (Å²) in [5.74, 6) is 0.556. The number of nitrogens with two attached hydrogens (primary N) is 1. The van der Waals surface area contributed by atoms with Crippen LogP contribution in [0.1, 0.15) is 25.3 Å². The number of benzene rings is 1. The molecule has 0 spiro atoms. The maximum atomic E-state index is 12.7. The first-order valence-electron chi connectivity index (χ1n) is 8.33. The van der Waals surface area contributed by atoms with Gasteiger partial charge in [0, 0.05) is 25.6 Å². The third kappa shape index (κ3) is 4.47. The minimum atomic E-state index is -0.259. The molecule has 1 saturated heterocycles. The molecule has 0 bridgehead atoms. The van der Waals surface area contributed by atoms with Crippen molar-refractivity contribution in [3.05, 3.63) is 29.8 Å². The summed E-state index contributed by atoms with van der Waals surface area (Å²) in [7, 11) is 3.59. The second-order valence-electron chi connectivity index (χ2n) is 6.44. The highest BCUT2D eigenvalue weighted by molar-refractivity contribution is 5.82. The molecule has 2 rings (SSSR count). The van der Waals surface area contributed by atoms with Gasteiger partial charge in [-0.1, -0.05) is 12.1 Å². The van der Waals surface area contributed by atoms with Crippen LogP contribution in [0.2, 0.25) is 0 Å². The molecular formula is C18H27N3O3. The van der Waals surface area contributed by atoms with E-state index in [1.807, 2.05) is 48.0 Å². The molecule has 6 heteroatoms. The molecule has 2 amide bonds. The topological polar surface area (TPSA) is 75.9 Å². The van der Waals surface area contributed by atoms with Crippen molar-refractivity contribution in [2.75, 3.05) is 27.2 Å².